The Balaban J connectivity index is 2.31. The molecule has 0 amide bonds. The summed E-state index contributed by atoms with van der Waals surface area (Å²) in [4.78, 5) is 0. The first-order valence-electron chi connectivity index (χ1n) is 6.38. The molecule has 3 rings (SSSR count). The average molecular weight is 315 g/mol. The summed E-state index contributed by atoms with van der Waals surface area (Å²) in [7, 11) is 0. The standard InChI is InChI=1S/C17H15BrO/c1-2-17(19)15-6-4-3-5-12(15)7-8-13-11-14(18)9-10-16(13)17/h2-6,9-11,19H,1,7-8H2. The average Bonchev–Trinajstić information content (AvgIpc) is 2.55. The van der Waals surface area contributed by atoms with Crippen LogP contribution < -0.4 is 0 Å². The number of aliphatic hydroxyl groups is 1. The summed E-state index contributed by atoms with van der Waals surface area (Å²) < 4.78 is 1.05. The number of rotatable bonds is 1. The summed E-state index contributed by atoms with van der Waals surface area (Å²) in [5.74, 6) is 0. The maximum atomic E-state index is 11.1. The monoisotopic (exact) mass is 314 g/mol. The Kier molecular flexibility index (Phi) is 3.08. The Morgan fingerprint density at radius 3 is 2.53 bits per heavy atom. The van der Waals surface area contributed by atoms with Crippen LogP contribution in [0.1, 0.15) is 22.3 Å². The van der Waals surface area contributed by atoms with E-state index >= 15 is 0 Å². The molecule has 1 aliphatic carbocycles. The van der Waals surface area contributed by atoms with E-state index in [0.29, 0.717) is 0 Å². The van der Waals surface area contributed by atoms with Crippen molar-refractivity contribution in [3.8, 4) is 0 Å². The second-order valence-corrected chi connectivity index (χ2v) is 5.84. The first-order valence-corrected chi connectivity index (χ1v) is 7.18. The van der Waals surface area contributed by atoms with Crippen molar-refractivity contribution < 1.29 is 5.11 Å². The lowest BCUT2D eigenvalue weighted by molar-refractivity contribution is 0.134. The van der Waals surface area contributed by atoms with Crippen LogP contribution in [0.5, 0.6) is 0 Å². The maximum absolute atomic E-state index is 11.1. The molecule has 0 fully saturated rings. The van der Waals surface area contributed by atoms with Crippen molar-refractivity contribution in [3.05, 3.63) is 81.8 Å². The van der Waals surface area contributed by atoms with Crippen molar-refractivity contribution in [1.29, 1.82) is 0 Å². The number of halogens is 1. The van der Waals surface area contributed by atoms with Gasteiger partial charge in [-0.15, -0.1) is 0 Å². The number of hydrogen-bond acceptors (Lipinski definition) is 1. The zero-order valence-corrected chi connectivity index (χ0v) is 12.2. The SMILES string of the molecule is C=CC1(O)c2ccccc2CCc2cc(Br)ccc21. The third kappa shape index (κ3) is 1.96. The van der Waals surface area contributed by atoms with Gasteiger partial charge in [0.25, 0.3) is 0 Å². The van der Waals surface area contributed by atoms with Crippen LogP contribution in [0.2, 0.25) is 0 Å². The van der Waals surface area contributed by atoms with Crippen molar-refractivity contribution in [2.75, 3.05) is 0 Å². The molecular formula is C17H15BrO. The zero-order valence-electron chi connectivity index (χ0n) is 10.6. The molecule has 0 aromatic heterocycles. The van der Waals surface area contributed by atoms with Gasteiger partial charge in [0.2, 0.25) is 0 Å². The van der Waals surface area contributed by atoms with Gasteiger partial charge in [-0.2, -0.15) is 0 Å². The highest BCUT2D eigenvalue weighted by Gasteiger charge is 2.34. The molecule has 1 atom stereocenters. The van der Waals surface area contributed by atoms with E-state index in [4.69, 9.17) is 0 Å². The summed E-state index contributed by atoms with van der Waals surface area (Å²) in [5, 5.41) is 11.1. The Bertz CT molecular complexity index is 647. The van der Waals surface area contributed by atoms with E-state index in [2.05, 4.69) is 34.6 Å². The quantitative estimate of drug-likeness (QED) is 0.790. The fourth-order valence-electron chi connectivity index (χ4n) is 2.89. The highest BCUT2D eigenvalue weighted by atomic mass is 79.9. The van der Waals surface area contributed by atoms with Gasteiger partial charge in [-0.05, 0) is 47.2 Å². The van der Waals surface area contributed by atoms with Crippen molar-refractivity contribution >= 4 is 15.9 Å². The number of benzene rings is 2. The van der Waals surface area contributed by atoms with Crippen LogP contribution in [0.25, 0.3) is 0 Å². The maximum Gasteiger partial charge on any atom is 0.133 e. The van der Waals surface area contributed by atoms with E-state index in [1.54, 1.807) is 6.08 Å². The molecule has 2 aromatic rings. The van der Waals surface area contributed by atoms with Gasteiger partial charge < -0.3 is 5.11 Å². The highest BCUT2D eigenvalue weighted by Crippen LogP contribution is 2.39. The normalized spacial score (nSPS) is 21.2. The minimum atomic E-state index is -1.09. The van der Waals surface area contributed by atoms with Crippen LogP contribution in [0, 0.1) is 0 Å². The Labute approximate surface area is 121 Å². The van der Waals surface area contributed by atoms with E-state index in [0.717, 1.165) is 28.4 Å². The molecule has 0 heterocycles. The molecule has 2 heteroatoms. The van der Waals surface area contributed by atoms with Crippen molar-refractivity contribution in [1.82, 2.24) is 0 Å². The van der Waals surface area contributed by atoms with E-state index in [1.807, 2.05) is 30.3 Å². The molecular weight excluding hydrogens is 300 g/mol. The lowest BCUT2D eigenvalue weighted by Crippen LogP contribution is -2.25. The van der Waals surface area contributed by atoms with Gasteiger partial charge in [-0.1, -0.05) is 58.9 Å². The third-order valence-corrected chi connectivity index (χ3v) is 4.36. The van der Waals surface area contributed by atoms with Crippen LogP contribution in [-0.2, 0) is 18.4 Å². The Morgan fingerprint density at radius 2 is 1.74 bits per heavy atom. The molecule has 1 nitrogen and oxygen atoms in total. The molecule has 2 aromatic carbocycles. The summed E-state index contributed by atoms with van der Waals surface area (Å²) in [6.07, 6.45) is 3.52. The van der Waals surface area contributed by atoms with E-state index < -0.39 is 5.60 Å². The topological polar surface area (TPSA) is 20.2 Å². The fraction of sp³-hybridized carbons (Fsp3) is 0.176. The van der Waals surface area contributed by atoms with Crippen molar-refractivity contribution in [3.63, 3.8) is 0 Å². The first-order chi connectivity index (χ1) is 9.15. The lowest BCUT2D eigenvalue weighted by Gasteiger charge is -2.27. The third-order valence-electron chi connectivity index (χ3n) is 3.86. The van der Waals surface area contributed by atoms with Crippen molar-refractivity contribution in [2.24, 2.45) is 0 Å². The van der Waals surface area contributed by atoms with E-state index in [-0.39, 0.29) is 0 Å². The van der Waals surface area contributed by atoms with Gasteiger partial charge in [0.15, 0.2) is 0 Å². The van der Waals surface area contributed by atoms with Gasteiger partial charge in [0.1, 0.15) is 5.60 Å². The lowest BCUT2D eigenvalue weighted by atomic mass is 9.84. The molecule has 19 heavy (non-hydrogen) atoms. The molecule has 0 bridgehead atoms. The van der Waals surface area contributed by atoms with E-state index in [9.17, 15) is 5.11 Å². The second kappa shape index (κ2) is 4.62. The van der Waals surface area contributed by atoms with Gasteiger partial charge in [0, 0.05) is 4.47 Å². The van der Waals surface area contributed by atoms with Crippen LogP contribution in [0.15, 0.2) is 59.6 Å². The molecule has 0 spiro atoms. The Morgan fingerprint density at radius 1 is 1.05 bits per heavy atom. The Hall–Kier alpha value is -1.38. The molecule has 1 unspecified atom stereocenters. The smallest absolute Gasteiger partial charge is 0.133 e. The highest BCUT2D eigenvalue weighted by molar-refractivity contribution is 9.10. The number of fused-ring (bicyclic) bond motifs is 2. The predicted octanol–water partition coefficient (Wildman–Crippen LogP) is 3.97. The van der Waals surface area contributed by atoms with Crippen LogP contribution in [-0.4, -0.2) is 5.11 Å². The van der Waals surface area contributed by atoms with Gasteiger partial charge in [-0.3, -0.25) is 0 Å². The fourth-order valence-corrected chi connectivity index (χ4v) is 3.29. The van der Waals surface area contributed by atoms with Crippen LogP contribution >= 0.6 is 15.9 Å². The first kappa shape index (κ1) is 12.6. The minimum absolute atomic E-state index is 0.932. The minimum Gasteiger partial charge on any atom is -0.377 e. The molecule has 0 saturated carbocycles. The van der Waals surface area contributed by atoms with Crippen LogP contribution in [0.3, 0.4) is 0 Å². The largest absolute Gasteiger partial charge is 0.377 e. The summed E-state index contributed by atoms with van der Waals surface area (Å²) >= 11 is 3.50. The molecule has 0 aliphatic heterocycles. The van der Waals surface area contributed by atoms with Crippen molar-refractivity contribution in [2.45, 2.75) is 18.4 Å². The molecule has 0 radical (unpaired) electrons. The summed E-state index contributed by atoms with van der Waals surface area (Å²) in [6, 6.07) is 14.1. The molecule has 1 N–H and O–H groups in total. The summed E-state index contributed by atoms with van der Waals surface area (Å²) in [5.41, 5.74) is 3.16. The summed E-state index contributed by atoms with van der Waals surface area (Å²) in [6.45, 7) is 3.86. The van der Waals surface area contributed by atoms with Crippen LogP contribution in [0.4, 0.5) is 0 Å². The number of aryl methyl sites for hydroxylation is 2. The molecule has 0 saturated heterocycles. The molecule has 96 valence electrons. The van der Waals surface area contributed by atoms with Gasteiger partial charge in [-0.25, -0.2) is 0 Å². The predicted molar refractivity (Wildman–Crippen MR) is 81.2 cm³/mol. The van der Waals surface area contributed by atoms with E-state index in [1.165, 1.54) is 11.1 Å². The number of hydrogen-bond donors (Lipinski definition) is 1. The second-order valence-electron chi connectivity index (χ2n) is 4.93. The molecule has 1 aliphatic rings. The van der Waals surface area contributed by atoms with Gasteiger partial charge >= 0.3 is 0 Å². The zero-order chi connectivity index (χ0) is 13.5. The van der Waals surface area contributed by atoms with Gasteiger partial charge in [0.05, 0.1) is 0 Å².